The fourth-order valence-electron chi connectivity index (χ4n) is 1.34. The molecule has 1 atom stereocenters. The molecule has 0 radical (unpaired) electrons. The first-order chi connectivity index (χ1) is 5.87. The first-order valence-electron chi connectivity index (χ1n) is 4.17. The van der Waals surface area contributed by atoms with Crippen LogP contribution in [0.2, 0.25) is 0 Å². The van der Waals surface area contributed by atoms with E-state index >= 15 is 0 Å². The van der Waals surface area contributed by atoms with Gasteiger partial charge in [-0.25, -0.2) is 0 Å². The summed E-state index contributed by atoms with van der Waals surface area (Å²) in [6, 6.07) is 3.96. The van der Waals surface area contributed by atoms with Gasteiger partial charge in [0.1, 0.15) is 0 Å². The number of nitrogens with zero attached hydrogens (tertiary/aromatic N) is 1. The van der Waals surface area contributed by atoms with Crippen LogP contribution in [-0.2, 0) is 10.5 Å². The van der Waals surface area contributed by atoms with E-state index in [0.29, 0.717) is 0 Å². The van der Waals surface area contributed by atoms with Crippen LogP contribution in [0.4, 0.5) is 0 Å². The average molecular weight is 164 g/mol. The molecule has 1 aromatic rings. The van der Waals surface area contributed by atoms with Gasteiger partial charge in [-0.3, -0.25) is 10.3 Å². The largest absolute Gasteiger partial charge is 0.355 e. The molecule has 1 N–H and O–H groups in total. The minimum atomic E-state index is -0.197. The van der Waals surface area contributed by atoms with Gasteiger partial charge in [0.2, 0.25) is 0 Å². The molecule has 0 aliphatic carbocycles. The Balaban J connectivity index is 2.19. The maximum atomic E-state index is 5.59. The lowest BCUT2D eigenvalue weighted by Crippen LogP contribution is -2.17. The number of nitrogens with one attached hydrogen (secondary N) is 1. The van der Waals surface area contributed by atoms with E-state index < -0.39 is 0 Å². The van der Waals surface area contributed by atoms with Gasteiger partial charge in [0.15, 0.2) is 5.72 Å². The molecule has 12 heavy (non-hydrogen) atoms. The third-order valence-electron chi connectivity index (χ3n) is 2.04. The van der Waals surface area contributed by atoms with Crippen molar-refractivity contribution in [1.29, 1.82) is 0 Å². The Hall–Kier alpha value is -0.930. The van der Waals surface area contributed by atoms with Crippen LogP contribution in [0.1, 0.15) is 12.5 Å². The number of rotatable bonds is 3. The standard InChI is InChI=1S/C9H12N2O/c1-2-12-9(7-11-9)8-3-5-10-6-4-8/h3-6,11H,2,7H2,1H3. The molecule has 0 amide bonds. The van der Waals surface area contributed by atoms with Crippen LogP contribution in [0.3, 0.4) is 0 Å². The molecule has 1 aliphatic rings. The SMILES string of the molecule is CCOC1(c2ccncc2)CN1. The predicted octanol–water partition coefficient (Wildman–Crippen LogP) is 0.874. The van der Waals surface area contributed by atoms with Gasteiger partial charge >= 0.3 is 0 Å². The van der Waals surface area contributed by atoms with Gasteiger partial charge in [0, 0.05) is 31.1 Å². The highest BCUT2D eigenvalue weighted by Gasteiger charge is 2.44. The molecule has 3 heteroatoms. The number of hydrogen-bond acceptors (Lipinski definition) is 3. The quantitative estimate of drug-likeness (QED) is 0.674. The second-order valence-corrected chi connectivity index (χ2v) is 2.85. The molecule has 1 aromatic heterocycles. The molecule has 1 unspecified atom stereocenters. The summed E-state index contributed by atoms with van der Waals surface area (Å²) in [5, 5.41) is 3.22. The van der Waals surface area contributed by atoms with E-state index in [9.17, 15) is 0 Å². The van der Waals surface area contributed by atoms with Gasteiger partial charge in [-0.2, -0.15) is 0 Å². The summed E-state index contributed by atoms with van der Waals surface area (Å²) in [6.07, 6.45) is 3.58. The Kier molecular flexibility index (Phi) is 1.83. The Morgan fingerprint density at radius 1 is 1.58 bits per heavy atom. The molecule has 2 heterocycles. The molecule has 3 nitrogen and oxygen atoms in total. The van der Waals surface area contributed by atoms with Gasteiger partial charge in [-0.15, -0.1) is 0 Å². The zero-order chi connectivity index (χ0) is 8.44. The molecule has 1 saturated heterocycles. The van der Waals surface area contributed by atoms with Crippen LogP contribution < -0.4 is 5.32 Å². The topological polar surface area (TPSA) is 44.1 Å². The van der Waals surface area contributed by atoms with Gasteiger partial charge < -0.3 is 4.74 Å². The van der Waals surface area contributed by atoms with Crippen molar-refractivity contribution in [3.63, 3.8) is 0 Å². The van der Waals surface area contributed by atoms with Crippen molar-refractivity contribution in [2.45, 2.75) is 12.6 Å². The van der Waals surface area contributed by atoms with Crippen LogP contribution in [0.25, 0.3) is 0 Å². The summed E-state index contributed by atoms with van der Waals surface area (Å²) >= 11 is 0. The van der Waals surface area contributed by atoms with Gasteiger partial charge in [0.05, 0.1) is 0 Å². The smallest absolute Gasteiger partial charge is 0.158 e. The molecule has 0 spiro atoms. The summed E-state index contributed by atoms with van der Waals surface area (Å²) < 4.78 is 5.59. The van der Waals surface area contributed by atoms with E-state index in [4.69, 9.17) is 4.74 Å². The summed E-state index contributed by atoms with van der Waals surface area (Å²) in [6.45, 7) is 3.64. The third kappa shape index (κ3) is 1.21. The van der Waals surface area contributed by atoms with Crippen LogP contribution in [0.15, 0.2) is 24.5 Å². The number of ether oxygens (including phenoxy) is 1. The fraction of sp³-hybridized carbons (Fsp3) is 0.444. The Labute approximate surface area is 71.8 Å². The predicted molar refractivity (Wildman–Crippen MR) is 45.5 cm³/mol. The van der Waals surface area contributed by atoms with Crippen molar-refractivity contribution in [2.24, 2.45) is 0 Å². The molecule has 1 aliphatic heterocycles. The molecular formula is C9H12N2O. The van der Waals surface area contributed by atoms with Gasteiger partial charge in [-0.1, -0.05) is 0 Å². The van der Waals surface area contributed by atoms with E-state index in [2.05, 4.69) is 10.3 Å². The monoisotopic (exact) mass is 164 g/mol. The highest BCUT2D eigenvalue weighted by molar-refractivity contribution is 5.24. The highest BCUT2D eigenvalue weighted by atomic mass is 16.5. The van der Waals surface area contributed by atoms with Crippen LogP contribution in [-0.4, -0.2) is 18.1 Å². The first-order valence-corrected chi connectivity index (χ1v) is 4.17. The third-order valence-corrected chi connectivity index (χ3v) is 2.04. The van der Waals surface area contributed by atoms with Crippen molar-refractivity contribution in [2.75, 3.05) is 13.2 Å². The van der Waals surface area contributed by atoms with E-state index in [1.165, 1.54) is 5.56 Å². The van der Waals surface area contributed by atoms with Gasteiger partial charge in [0.25, 0.3) is 0 Å². The maximum Gasteiger partial charge on any atom is 0.158 e. The average Bonchev–Trinajstić information content (AvgIpc) is 2.88. The summed E-state index contributed by atoms with van der Waals surface area (Å²) in [4.78, 5) is 3.96. The Morgan fingerprint density at radius 2 is 2.25 bits per heavy atom. The zero-order valence-corrected chi connectivity index (χ0v) is 7.08. The van der Waals surface area contributed by atoms with Crippen molar-refractivity contribution in [1.82, 2.24) is 10.3 Å². The van der Waals surface area contributed by atoms with E-state index in [1.54, 1.807) is 12.4 Å². The molecule has 2 rings (SSSR count). The van der Waals surface area contributed by atoms with E-state index in [1.807, 2.05) is 19.1 Å². The molecule has 64 valence electrons. The normalized spacial score (nSPS) is 27.1. The lowest BCUT2D eigenvalue weighted by molar-refractivity contribution is 0.0358. The summed E-state index contributed by atoms with van der Waals surface area (Å²) in [5.74, 6) is 0. The van der Waals surface area contributed by atoms with Crippen LogP contribution in [0.5, 0.6) is 0 Å². The number of hydrogen-bond donors (Lipinski definition) is 1. The Bertz CT molecular complexity index is 256. The van der Waals surface area contributed by atoms with E-state index in [0.717, 1.165) is 13.2 Å². The minimum Gasteiger partial charge on any atom is -0.355 e. The molecule has 0 saturated carbocycles. The lowest BCUT2D eigenvalue weighted by atomic mass is 10.1. The maximum absolute atomic E-state index is 5.59. The van der Waals surface area contributed by atoms with Crippen LogP contribution >= 0.6 is 0 Å². The minimum absolute atomic E-state index is 0.197. The second kappa shape index (κ2) is 2.84. The zero-order valence-electron chi connectivity index (χ0n) is 7.08. The van der Waals surface area contributed by atoms with Crippen molar-refractivity contribution < 1.29 is 4.74 Å². The van der Waals surface area contributed by atoms with Gasteiger partial charge in [-0.05, 0) is 19.1 Å². The van der Waals surface area contributed by atoms with Crippen LogP contribution in [0, 0.1) is 0 Å². The van der Waals surface area contributed by atoms with Crippen molar-refractivity contribution in [3.05, 3.63) is 30.1 Å². The molecule has 0 bridgehead atoms. The molecular weight excluding hydrogens is 152 g/mol. The van der Waals surface area contributed by atoms with E-state index in [-0.39, 0.29) is 5.72 Å². The lowest BCUT2D eigenvalue weighted by Gasteiger charge is -2.12. The fourth-order valence-corrected chi connectivity index (χ4v) is 1.34. The number of aromatic nitrogens is 1. The second-order valence-electron chi connectivity index (χ2n) is 2.85. The summed E-state index contributed by atoms with van der Waals surface area (Å²) in [5.41, 5.74) is 0.969. The van der Waals surface area contributed by atoms with Crippen molar-refractivity contribution >= 4 is 0 Å². The molecule has 0 aromatic carbocycles. The highest BCUT2D eigenvalue weighted by Crippen LogP contribution is 2.31. The van der Waals surface area contributed by atoms with Crippen molar-refractivity contribution in [3.8, 4) is 0 Å². The Morgan fingerprint density at radius 3 is 2.75 bits per heavy atom. The number of pyridine rings is 1. The first kappa shape index (κ1) is 7.71. The summed E-state index contributed by atoms with van der Waals surface area (Å²) in [7, 11) is 0. The molecule has 1 fully saturated rings.